The fourth-order valence-electron chi connectivity index (χ4n) is 4.46. The van der Waals surface area contributed by atoms with Gasteiger partial charge in [-0.1, -0.05) is 49.6 Å². The van der Waals surface area contributed by atoms with Gasteiger partial charge >= 0.3 is 0 Å². The molecule has 0 N–H and O–H groups in total. The zero-order valence-corrected chi connectivity index (χ0v) is 21.4. The second-order valence-corrected chi connectivity index (χ2v) is 10.3. The molecule has 180 valence electrons. The fourth-order valence-corrected chi connectivity index (χ4v) is 6.24. The van der Waals surface area contributed by atoms with Gasteiger partial charge in [0.1, 0.15) is 11.5 Å². The monoisotopic (exact) mass is 505 g/mol. The van der Waals surface area contributed by atoms with Crippen LogP contribution in [0, 0.1) is 0 Å². The van der Waals surface area contributed by atoms with Gasteiger partial charge in [-0.25, -0.2) is 4.98 Å². The van der Waals surface area contributed by atoms with E-state index in [1.165, 1.54) is 29.5 Å². The molecule has 0 atom stereocenters. The first-order chi connectivity index (χ1) is 17.2. The van der Waals surface area contributed by atoms with Crippen LogP contribution in [-0.4, -0.2) is 41.2 Å². The van der Waals surface area contributed by atoms with Crippen molar-refractivity contribution in [1.82, 2.24) is 9.88 Å². The molecule has 3 aromatic rings. The molecular formula is C27H27N3O3S2. The van der Waals surface area contributed by atoms with Crippen molar-refractivity contribution in [3.8, 4) is 22.8 Å². The Hall–Kier alpha value is -3.10. The Morgan fingerprint density at radius 1 is 1.06 bits per heavy atom. The molecule has 0 radical (unpaired) electrons. The van der Waals surface area contributed by atoms with Crippen LogP contribution in [0.25, 0.3) is 17.3 Å². The van der Waals surface area contributed by atoms with E-state index < -0.39 is 0 Å². The molecule has 1 aliphatic carbocycles. The molecule has 35 heavy (non-hydrogen) atoms. The van der Waals surface area contributed by atoms with Crippen molar-refractivity contribution >= 4 is 45.4 Å². The average molecular weight is 506 g/mol. The van der Waals surface area contributed by atoms with E-state index in [4.69, 9.17) is 19.5 Å². The SMILES string of the molecule is COc1ccc(OC)c(/C=C2\S/C(=N/c3nc(-c4ccccc4)cs3)N(C3CCCCC3)C2=O)c1. The number of amides is 1. The molecule has 1 saturated heterocycles. The molecule has 2 aromatic carbocycles. The molecule has 0 spiro atoms. The topological polar surface area (TPSA) is 64.0 Å². The Morgan fingerprint density at radius 3 is 2.60 bits per heavy atom. The highest BCUT2D eigenvalue weighted by atomic mass is 32.2. The minimum atomic E-state index is -0.00892. The first-order valence-corrected chi connectivity index (χ1v) is 13.4. The second kappa shape index (κ2) is 10.7. The predicted octanol–water partition coefficient (Wildman–Crippen LogP) is 6.76. The quantitative estimate of drug-likeness (QED) is 0.346. The van der Waals surface area contributed by atoms with Crippen molar-refractivity contribution in [2.24, 2.45) is 4.99 Å². The Balaban J connectivity index is 1.51. The molecule has 1 aromatic heterocycles. The van der Waals surface area contributed by atoms with Crippen molar-refractivity contribution in [2.45, 2.75) is 38.1 Å². The summed E-state index contributed by atoms with van der Waals surface area (Å²) in [5.74, 6) is 1.39. The molecule has 1 aliphatic heterocycles. The van der Waals surface area contributed by atoms with Crippen molar-refractivity contribution in [3.05, 3.63) is 64.4 Å². The summed E-state index contributed by atoms with van der Waals surface area (Å²) in [7, 11) is 3.25. The zero-order valence-electron chi connectivity index (χ0n) is 19.8. The number of aromatic nitrogens is 1. The van der Waals surface area contributed by atoms with Gasteiger partial charge in [0.2, 0.25) is 5.13 Å². The van der Waals surface area contributed by atoms with Gasteiger partial charge in [-0.15, -0.1) is 11.3 Å². The van der Waals surface area contributed by atoms with Crippen LogP contribution in [0.15, 0.2) is 63.8 Å². The van der Waals surface area contributed by atoms with Gasteiger partial charge < -0.3 is 9.47 Å². The van der Waals surface area contributed by atoms with Gasteiger partial charge in [0.15, 0.2) is 5.17 Å². The molecule has 6 nitrogen and oxygen atoms in total. The van der Waals surface area contributed by atoms with Gasteiger partial charge in [-0.05, 0) is 48.9 Å². The van der Waals surface area contributed by atoms with Gasteiger partial charge in [-0.3, -0.25) is 9.69 Å². The van der Waals surface area contributed by atoms with E-state index in [0.29, 0.717) is 26.7 Å². The third-order valence-corrected chi connectivity index (χ3v) is 7.97. The summed E-state index contributed by atoms with van der Waals surface area (Å²) in [6.07, 6.45) is 7.34. The minimum Gasteiger partial charge on any atom is -0.497 e. The molecule has 2 fully saturated rings. The molecule has 1 amide bonds. The highest BCUT2D eigenvalue weighted by Crippen LogP contribution is 2.40. The number of methoxy groups -OCH3 is 2. The first kappa shape index (κ1) is 23.6. The number of nitrogens with zero attached hydrogens (tertiary/aromatic N) is 3. The molecular weight excluding hydrogens is 478 g/mol. The van der Waals surface area contributed by atoms with E-state index in [1.807, 2.05) is 64.9 Å². The standard InChI is InChI=1S/C27H27N3O3S2/c1-32-21-13-14-23(33-2)19(15-21)16-24-25(31)30(20-11-7-4-8-12-20)27(35-24)29-26-28-22(17-34-26)18-9-5-3-6-10-18/h3,5-6,9-10,13-17,20H,4,7-8,11-12H2,1-2H3/b24-16-,29-27+. The average Bonchev–Trinajstić information content (AvgIpc) is 3.49. The highest BCUT2D eigenvalue weighted by Gasteiger charge is 2.39. The summed E-state index contributed by atoms with van der Waals surface area (Å²) in [5, 5.41) is 3.36. The number of thiazole rings is 1. The van der Waals surface area contributed by atoms with Gasteiger partial charge in [-0.2, -0.15) is 4.99 Å². The van der Waals surface area contributed by atoms with E-state index in [-0.39, 0.29) is 11.9 Å². The van der Waals surface area contributed by atoms with E-state index in [1.54, 1.807) is 14.2 Å². The van der Waals surface area contributed by atoms with Crippen LogP contribution in [0.2, 0.25) is 0 Å². The minimum absolute atomic E-state index is 0.00892. The summed E-state index contributed by atoms with van der Waals surface area (Å²) < 4.78 is 10.9. The molecule has 2 aliphatic rings. The number of carbonyl (C=O) groups is 1. The number of hydrogen-bond donors (Lipinski definition) is 0. The van der Waals surface area contributed by atoms with Crippen molar-refractivity contribution < 1.29 is 14.3 Å². The second-order valence-electron chi connectivity index (χ2n) is 8.46. The van der Waals surface area contributed by atoms with Crippen LogP contribution in [0.3, 0.4) is 0 Å². The Morgan fingerprint density at radius 2 is 1.86 bits per heavy atom. The summed E-state index contributed by atoms with van der Waals surface area (Å²) in [6.45, 7) is 0. The highest BCUT2D eigenvalue weighted by molar-refractivity contribution is 8.18. The first-order valence-electron chi connectivity index (χ1n) is 11.7. The molecule has 2 heterocycles. The molecule has 1 saturated carbocycles. The van der Waals surface area contributed by atoms with Crippen LogP contribution in [0.5, 0.6) is 11.5 Å². The third-order valence-electron chi connectivity index (χ3n) is 6.25. The Labute approximate surface area is 213 Å². The number of carbonyl (C=O) groups excluding carboxylic acids is 1. The third kappa shape index (κ3) is 5.13. The Kier molecular flexibility index (Phi) is 7.20. The van der Waals surface area contributed by atoms with E-state index in [0.717, 1.165) is 42.5 Å². The predicted molar refractivity (Wildman–Crippen MR) is 143 cm³/mol. The van der Waals surface area contributed by atoms with Crippen molar-refractivity contribution in [2.75, 3.05) is 14.2 Å². The number of ether oxygens (including phenoxy) is 2. The van der Waals surface area contributed by atoms with Crippen LogP contribution in [0.1, 0.15) is 37.7 Å². The molecule has 0 bridgehead atoms. The van der Waals surface area contributed by atoms with Crippen LogP contribution in [0.4, 0.5) is 5.13 Å². The van der Waals surface area contributed by atoms with E-state index >= 15 is 0 Å². The van der Waals surface area contributed by atoms with Gasteiger partial charge in [0.05, 0.1) is 24.8 Å². The number of thioether (sulfide) groups is 1. The zero-order chi connectivity index (χ0) is 24.2. The Bertz CT molecular complexity index is 1260. The maximum atomic E-state index is 13.7. The van der Waals surface area contributed by atoms with Crippen LogP contribution < -0.4 is 9.47 Å². The lowest BCUT2D eigenvalue weighted by Gasteiger charge is -2.30. The van der Waals surface area contributed by atoms with Crippen molar-refractivity contribution in [3.63, 3.8) is 0 Å². The summed E-state index contributed by atoms with van der Waals surface area (Å²) in [6, 6.07) is 15.8. The molecule has 8 heteroatoms. The molecule has 5 rings (SSSR count). The normalized spacial score (nSPS) is 19.0. The van der Waals surface area contributed by atoms with Gasteiger partial charge in [0, 0.05) is 22.5 Å². The van der Waals surface area contributed by atoms with E-state index in [9.17, 15) is 4.79 Å². The van der Waals surface area contributed by atoms with Crippen LogP contribution >= 0.6 is 23.1 Å². The maximum Gasteiger partial charge on any atom is 0.267 e. The number of hydrogen-bond acceptors (Lipinski definition) is 7. The summed E-state index contributed by atoms with van der Waals surface area (Å²) >= 11 is 2.90. The number of amidine groups is 1. The van der Waals surface area contributed by atoms with Gasteiger partial charge in [0.25, 0.3) is 5.91 Å². The smallest absolute Gasteiger partial charge is 0.267 e. The lowest BCUT2D eigenvalue weighted by atomic mass is 9.94. The lowest BCUT2D eigenvalue weighted by molar-refractivity contribution is -0.124. The van der Waals surface area contributed by atoms with Crippen molar-refractivity contribution in [1.29, 1.82) is 0 Å². The number of aliphatic imine (C=N–C) groups is 1. The summed E-state index contributed by atoms with van der Waals surface area (Å²) in [5.41, 5.74) is 2.75. The fraction of sp³-hybridized carbons (Fsp3) is 0.296. The summed E-state index contributed by atoms with van der Waals surface area (Å²) in [4.78, 5) is 25.8. The largest absolute Gasteiger partial charge is 0.497 e. The van der Waals surface area contributed by atoms with Crippen LogP contribution in [-0.2, 0) is 4.79 Å². The molecule has 0 unspecified atom stereocenters. The lowest BCUT2D eigenvalue weighted by Crippen LogP contribution is -2.40. The maximum absolute atomic E-state index is 13.7. The number of rotatable bonds is 6. The number of benzene rings is 2. The van der Waals surface area contributed by atoms with E-state index in [2.05, 4.69) is 0 Å².